The largest absolute Gasteiger partial charge is 0.470 e. The molecule has 0 aliphatic heterocycles. The lowest BCUT2D eigenvalue weighted by atomic mass is 10.1. The second-order valence-corrected chi connectivity index (χ2v) is 7.44. The number of hydrogen-bond donors (Lipinski definition) is 0. The number of aromatic nitrogens is 2. The predicted molar refractivity (Wildman–Crippen MR) is 110 cm³/mol. The Hall–Kier alpha value is -2.88. The monoisotopic (exact) mass is 347 g/mol. The van der Waals surface area contributed by atoms with Gasteiger partial charge in [0.1, 0.15) is 11.3 Å². The molecular formula is C22H25N3O. The summed E-state index contributed by atoms with van der Waals surface area (Å²) in [5.74, 6) is 0.553. The van der Waals surface area contributed by atoms with Crippen molar-refractivity contribution in [3.8, 4) is 5.88 Å². The molecule has 3 aromatic rings. The highest BCUT2D eigenvalue weighted by Crippen LogP contribution is 2.25. The van der Waals surface area contributed by atoms with Crippen LogP contribution < -0.4 is 9.64 Å². The Labute approximate surface area is 155 Å². The maximum atomic E-state index is 6.05. The van der Waals surface area contributed by atoms with Gasteiger partial charge in [-0.2, -0.15) is 0 Å². The molecular weight excluding hydrogens is 322 g/mol. The van der Waals surface area contributed by atoms with Gasteiger partial charge in [0.2, 0.25) is 5.88 Å². The van der Waals surface area contributed by atoms with Crippen molar-refractivity contribution in [3.05, 3.63) is 59.8 Å². The minimum absolute atomic E-state index is 0.340. The van der Waals surface area contributed by atoms with Crippen LogP contribution in [-0.2, 0) is 0 Å². The summed E-state index contributed by atoms with van der Waals surface area (Å²) >= 11 is 0. The fourth-order valence-corrected chi connectivity index (χ4v) is 2.53. The second kappa shape index (κ2) is 7.16. The minimum atomic E-state index is -0.340. The van der Waals surface area contributed by atoms with Crippen molar-refractivity contribution in [3.63, 3.8) is 0 Å². The number of ether oxygens (including phenoxy) is 1. The van der Waals surface area contributed by atoms with Crippen molar-refractivity contribution in [2.75, 3.05) is 19.0 Å². The maximum absolute atomic E-state index is 6.05. The van der Waals surface area contributed by atoms with E-state index in [-0.39, 0.29) is 5.60 Å². The molecule has 0 aliphatic rings. The summed E-state index contributed by atoms with van der Waals surface area (Å²) in [4.78, 5) is 11.5. The average Bonchev–Trinajstić information content (AvgIpc) is 2.59. The van der Waals surface area contributed by atoms with Gasteiger partial charge in [0.25, 0.3) is 0 Å². The third-order valence-electron chi connectivity index (χ3n) is 3.81. The number of benzene rings is 2. The Kier molecular flexibility index (Phi) is 4.94. The van der Waals surface area contributed by atoms with Gasteiger partial charge in [0.15, 0.2) is 0 Å². The summed E-state index contributed by atoms with van der Waals surface area (Å²) in [6.07, 6.45) is 4.00. The van der Waals surface area contributed by atoms with E-state index in [0.717, 1.165) is 22.3 Å². The van der Waals surface area contributed by atoms with E-state index < -0.39 is 0 Å². The number of fused-ring (bicyclic) bond motifs is 1. The molecule has 4 heteroatoms. The van der Waals surface area contributed by atoms with Crippen molar-refractivity contribution < 1.29 is 4.74 Å². The van der Waals surface area contributed by atoms with Crippen LogP contribution in [0.25, 0.3) is 23.2 Å². The molecule has 0 bridgehead atoms. The minimum Gasteiger partial charge on any atom is -0.470 e. The number of hydrogen-bond acceptors (Lipinski definition) is 4. The zero-order valence-electron chi connectivity index (χ0n) is 16.0. The molecule has 0 radical (unpaired) electrons. The Morgan fingerprint density at radius 2 is 1.46 bits per heavy atom. The number of anilines is 1. The van der Waals surface area contributed by atoms with Crippen LogP contribution in [0.3, 0.4) is 0 Å². The van der Waals surface area contributed by atoms with Crippen molar-refractivity contribution in [2.45, 2.75) is 26.4 Å². The molecule has 0 saturated carbocycles. The molecule has 0 aliphatic carbocycles. The molecule has 4 nitrogen and oxygen atoms in total. The Morgan fingerprint density at radius 1 is 0.846 bits per heavy atom. The van der Waals surface area contributed by atoms with Crippen LogP contribution in [0.15, 0.2) is 48.5 Å². The van der Waals surface area contributed by atoms with Crippen molar-refractivity contribution in [1.29, 1.82) is 0 Å². The average molecular weight is 347 g/mol. The second-order valence-electron chi connectivity index (χ2n) is 7.44. The van der Waals surface area contributed by atoms with Crippen LogP contribution in [0.1, 0.15) is 32.0 Å². The molecule has 26 heavy (non-hydrogen) atoms. The van der Waals surface area contributed by atoms with Gasteiger partial charge in [-0.1, -0.05) is 30.3 Å². The van der Waals surface area contributed by atoms with E-state index in [2.05, 4.69) is 34.1 Å². The zero-order chi connectivity index (χ0) is 18.7. The van der Waals surface area contributed by atoms with E-state index in [1.807, 2.05) is 71.3 Å². The first kappa shape index (κ1) is 17.9. The lowest BCUT2D eigenvalue weighted by Crippen LogP contribution is -2.24. The zero-order valence-corrected chi connectivity index (χ0v) is 16.0. The molecule has 0 fully saturated rings. The van der Waals surface area contributed by atoms with E-state index >= 15 is 0 Å². The van der Waals surface area contributed by atoms with Gasteiger partial charge in [0.05, 0.1) is 11.0 Å². The number of rotatable bonds is 4. The summed E-state index contributed by atoms with van der Waals surface area (Å²) in [6, 6.07) is 16.2. The van der Waals surface area contributed by atoms with Crippen molar-refractivity contribution >= 4 is 28.9 Å². The van der Waals surface area contributed by atoms with Crippen LogP contribution >= 0.6 is 0 Å². The standard InChI is InChI=1S/C22H25N3O/c1-22(2,3)26-21-20(23-18-8-6-7-9-19(18)24-21)15-12-16-10-13-17(14-11-16)25(4)5/h6-15H,1-5H3/b15-12+. The summed E-state index contributed by atoms with van der Waals surface area (Å²) in [5, 5.41) is 0. The smallest absolute Gasteiger partial charge is 0.241 e. The Morgan fingerprint density at radius 3 is 2.04 bits per heavy atom. The number of para-hydroxylation sites is 2. The first-order chi connectivity index (χ1) is 12.3. The van der Waals surface area contributed by atoms with Crippen LogP contribution in [-0.4, -0.2) is 29.7 Å². The molecule has 0 N–H and O–H groups in total. The molecule has 1 heterocycles. The maximum Gasteiger partial charge on any atom is 0.241 e. The van der Waals surface area contributed by atoms with Crippen LogP contribution in [0.5, 0.6) is 5.88 Å². The highest BCUT2D eigenvalue weighted by Gasteiger charge is 2.16. The van der Waals surface area contributed by atoms with Crippen molar-refractivity contribution in [2.24, 2.45) is 0 Å². The fourth-order valence-electron chi connectivity index (χ4n) is 2.53. The lowest BCUT2D eigenvalue weighted by Gasteiger charge is -2.21. The van der Waals surface area contributed by atoms with E-state index in [9.17, 15) is 0 Å². The Balaban J connectivity index is 1.97. The normalized spacial score (nSPS) is 11.9. The summed E-state index contributed by atoms with van der Waals surface area (Å²) < 4.78 is 6.05. The Bertz CT molecular complexity index is 922. The molecule has 0 atom stereocenters. The SMILES string of the molecule is CN(C)c1ccc(/C=C/c2nc3ccccc3nc2OC(C)(C)C)cc1. The van der Waals surface area contributed by atoms with Gasteiger partial charge in [-0.25, -0.2) is 9.97 Å². The highest BCUT2D eigenvalue weighted by molar-refractivity contribution is 5.79. The van der Waals surface area contributed by atoms with Crippen LogP contribution in [0.4, 0.5) is 5.69 Å². The molecule has 0 spiro atoms. The van der Waals surface area contributed by atoms with Gasteiger partial charge in [-0.15, -0.1) is 0 Å². The first-order valence-electron chi connectivity index (χ1n) is 8.73. The van der Waals surface area contributed by atoms with Crippen molar-refractivity contribution in [1.82, 2.24) is 9.97 Å². The molecule has 134 valence electrons. The van der Waals surface area contributed by atoms with E-state index in [0.29, 0.717) is 5.88 Å². The van der Waals surface area contributed by atoms with Gasteiger partial charge in [0, 0.05) is 19.8 Å². The number of nitrogens with zero attached hydrogens (tertiary/aromatic N) is 3. The van der Waals surface area contributed by atoms with Gasteiger partial charge >= 0.3 is 0 Å². The van der Waals surface area contributed by atoms with Gasteiger partial charge in [-0.3, -0.25) is 0 Å². The van der Waals surface area contributed by atoms with Gasteiger partial charge < -0.3 is 9.64 Å². The molecule has 0 saturated heterocycles. The molecule has 1 aromatic heterocycles. The first-order valence-corrected chi connectivity index (χ1v) is 8.73. The van der Waals surface area contributed by atoms with E-state index in [4.69, 9.17) is 9.72 Å². The van der Waals surface area contributed by atoms with Gasteiger partial charge in [-0.05, 0) is 56.7 Å². The molecule has 3 rings (SSSR count). The van der Waals surface area contributed by atoms with E-state index in [1.54, 1.807) is 0 Å². The summed E-state index contributed by atoms with van der Waals surface area (Å²) in [6.45, 7) is 6.03. The third-order valence-corrected chi connectivity index (χ3v) is 3.81. The summed E-state index contributed by atoms with van der Waals surface area (Å²) in [7, 11) is 4.07. The molecule has 0 unspecified atom stereocenters. The molecule has 0 amide bonds. The topological polar surface area (TPSA) is 38.2 Å². The summed E-state index contributed by atoms with van der Waals surface area (Å²) in [5.41, 5.74) is 4.36. The lowest BCUT2D eigenvalue weighted by molar-refractivity contribution is 0.123. The van der Waals surface area contributed by atoms with E-state index in [1.165, 1.54) is 5.69 Å². The molecule has 2 aromatic carbocycles. The highest BCUT2D eigenvalue weighted by atomic mass is 16.5. The van der Waals surface area contributed by atoms with Crippen LogP contribution in [0, 0.1) is 0 Å². The third kappa shape index (κ3) is 4.39. The predicted octanol–water partition coefficient (Wildman–Crippen LogP) is 5.04. The fraction of sp³-hybridized carbons (Fsp3) is 0.273. The van der Waals surface area contributed by atoms with Crippen LogP contribution in [0.2, 0.25) is 0 Å². The quantitative estimate of drug-likeness (QED) is 0.662.